The van der Waals surface area contributed by atoms with Crippen LogP contribution in [0, 0.1) is 6.92 Å². The second-order valence-corrected chi connectivity index (χ2v) is 10.7. The summed E-state index contributed by atoms with van der Waals surface area (Å²) in [5, 5.41) is 2.97. The molecule has 3 aromatic carbocycles. The number of hydrogen-bond acceptors (Lipinski definition) is 3. The van der Waals surface area contributed by atoms with E-state index in [0.717, 1.165) is 11.1 Å². The van der Waals surface area contributed by atoms with Crippen molar-refractivity contribution in [3.63, 3.8) is 0 Å². The number of anilines is 1. The molecule has 0 unspecified atom stereocenters. The van der Waals surface area contributed by atoms with Gasteiger partial charge < -0.3 is 5.32 Å². The molecule has 0 aliphatic rings. The predicted molar refractivity (Wildman–Crippen MR) is 129 cm³/mol. The Labute approximate surface area is 190 Å². The molecule has 168 valence electrons. The van der Waals surface area contributed by atoms with E-state index in [9.17, 15) is 13.2 Å². The van der Waals surface area contributed by atoms with Crippen LogP contribution in [0.5, 0.6) is 0 Å². The molecule has 0 aliphatic heterocycles. The minimum atomic E-state index is -3.82. The molecule has 0 heterocycles. The number of benzene rings is 3. The molecular weight excluding hydrogens is 420 g/mol. The van der Waals surface area contributed by atoms with Gasteiger partial charge in [0.25, 0.3) is 15.9 Å². The highest BCUT2D eigenvalue weighted by atomic mass is 32.2. The van der Waals surface area contributed by atoms with Gasteiger partial charge in [0.15, 0.2) is 0 Å². The molecule has 0 saturated heterocycles. The number of para-hydroxylation sites is 1. The van der Waals surface area contributed by atoms with Crippen LogP contribution >= 0.6 is 0 Å². The Kier molecular flexibility index (Phi) is 6.74. The Morgan fingerprint density at radius 2 is 1.47 bits per heavy atom. The largest absolute Gasteiger partial charge is 0.345 e. The van der Waals surface area contributed by atoms with Gasteiger partial charge in [-0.05, 0) is 54.7 Å². The average Bonchev–Trinajstić information content (AvgIpc) is 2.73. The van der Waals surface area contributed by atoms with Crippen LogP contribution in [0.2, 0.25) is 0 Å². The molecule has 3 rings (SSSR count). The third kappa shape index (κ3) is 5.56. The molecule has 2 N–H and O–H groups in total. The van der Waals surface area contributed by atoms with E-state index in [0.29, 0.717) is 0 Å². The summed E-state index contributed by atoms with van der Waals surface area (Å²) in [7, 11) is -3.82. The van der Waals surface area contributed by atoms with E-state index in [2.05, 4.69) is 42.9 Å². The van der Waals surface area contributed by atoms with Crippen LogP contribution in [-0.4, -0.2) is 14.3 Å². The highest BCUT2D eigenvalue weighted by molar-refractivity contribution is 7.92. The zero-order valence-electron chi connectivity index (χ0n) is 19.1. The van der Waals surface area contributed by atoms with Gasteiger partial charge in [0.2, 0.25) is 0 Å². The van der Waals surface area contributed by atoms with E-state index in [1.54, 1.807) is 48.5 Å². The standard InChI is InChI=1S/C26H30N2O3S/c1-18-10-16-22(17-11-18)32(30,31)28-24-9-7-6-8-23(24)25(29)27-19(2)20-12-14-21(15-13-20)26(3,4)5/h6-17,19,28H,1-5H3,(H,27,29)/t19-/m1/s1. The Balaban J connectivity index is 1.79. The Bertz CT molecular complexity index is 1190. The molecule has 5 nitrogen and oxygen atoms in total. The maximum Gasteiger partial charge on any atom is 0.261 e. The lowest BCUT2D eigenvalue weighted by atomic mass is 9.86. The van der Waals surface area contributed by atoms with Crippen molar-refractivity contribution in [1.82, 2.24) is 5.32 Å². The zero-order chi connectivity index (χ0) is 23.5. The van der Waals surface area contributed by atoms with Crippen LogP contribution in [0.1, 0.15) is 60.8 Å². The van der Waals surface area contributed by atoms with Gasteiger partial charge in [-0.15, -0.1) is 0 Å². The fraction of sp³-hybridized carbons (Fsp3) is 0.269. The summed E-state index contributed by atoms with van der Waals surface area (Å²) in [4.78, 5) is 13.1. The summed E-state index contributed by atoms with van der Waals surface area (Å²) in [6, 6.07) is 21.1. The number of aryl methyl sites for hydroxylation is 1. The van der Waals surface area contributed by atoms with Crippen molar-refractivity contribution in [2.45, 2.75) is 51.0 Å². The minimum absolute atomic E-state index is 0.0541. The highest BCUT2D eigenvalue weighted by Crippen LogP contribution is 2.25. The third-order valence-electron chi connectivity index (χ3n) is 5.37. The first-order valence-electron chi connectivity index (χ1n) is 10.6. The lowest BCUT2D eigenvalue weighted by molar-refractivity contribution is 0.0941. The Morgan fingerprint density at radius 3 is 2.06 bits per heavy atom. The average molecular weight is 451 g/mol. The lowest BCUT2D eigenvalue weighted by Gasteiger charge is -2.21. The van der Waals surface area contributed by atoms with Crippen LogP contribution in [0.25, 0.3) is 0 Å². The number of nitrogens with one attached hydrogen (secondary N) is 2. The summed E-state index contributed by atoms with van der Waals surface area (Å²) in [6.07, 6.45) is 0. The van der Waals surface area contributed by atoms with Crippen molar-refractivity contribution in [1.29, 1.82) is 0 Å². The molecule has 3 aromatic rings. The van der Waals surface area contributed by atoms with Gasteiger partial charge in [0, 0.05) is 0 Å². The number of carbonyl (C=O) groups excluding carboxylic acids is 1. The maximum atomic E-state index is 13.0. The molecule has 0 aliphatic carbocycles. The van der Waals surface area contributed by atoms with Crippen molar-refractivity contribution in [3.05, 3.63) is 95.1 Å². The van der Waals surface area contributed by atoms with Gasteiger partial charge in [-0.3, -0.25) is 9.52 Å². The van der Waals surface area contributed by atoms with Crippen molar-refractivity contribution < 1.29 is 13.2 Å². The van der Waals surface area contributed by atoms with Gasteiger partial charge >= 0.3 is 0 Å². The van der Waals surface area contributed by atoms with Gasteiger partial charge in [-0.2, -0.15) is 0 Å². The number of sulfonamides is 1. The molecule has 0 bridgehead atoms. The monoisotopic (exact) mass is 450 g/mol. The normalized spacial score (nSPS) is 12.8. The van der Waals surface area contributed by atoms with E-state index in [-0.39, 0.29) is 33.5 Å². The van der Waals surface area contributed by atoms with E-state index in [1.165, 1.54) is 5.56 Å². The topological polar surface area (TPSA) is 75.3 Å². The first-order valence-corrected chi connectivity index (χ1v) is 12.1. The van der Waals surface area contributed by atoms with Crippen LogP contribution in [-0.2, 0) is 15.4 Å². The quantitative estimate of drug-likeness (QED) is 0.514. The predicted octanol–water partition coefficient (Wildman–Crippen LogP) is 5.58. The van der Waals surface area contributed by atoms with Crippen molar-refractivity contribution in [2.75, 3.05) is 4.72 Å². The van der Waals surface area contributed by atoms with Gasteiger partial charge in [-0.25, -0.2) is 8.42 Å². The molecule has 0 radical (unpaired) electrons. The summed E-state index contributed by atoms with van der Waals surface area (Å²) < 4.78 is 28.2. The molecule has 0 saturated carbocycles. The summed E-state index contributed by atoms with van der Waals surface area (Å²) in [6.45, 7) is 10.3. The van der Waals surface area contributed by atoms with Gasteiger partial charge in [0.05, 0.1) is 22.2 Å². The van der Waals surface area contributed by atoms with Crippen LogP contribution < -0.4 is 10.0 Å². The van der Waals surface area contributed by atoms with E-state index in [1.807, 2.05) is 26.0 Å². The van der Waals surface area contributed by atoms with Crippen molar-refractivity contribution in [2.24, 2.45) is 0 Å². The van der Waals surface area contributed by atoms with Gasteiger partial charge in [0.1, 0.15) is 0 Å². The Morgan fingerprint density at radius 1 is 0.875 bits per heavy atom. The van der Waals surface area contributed by atoms with Crippen molar-refractivity contribution in [3.8, 4) is 0 Å². The zero-order valence-corrected chi connectivity index (χ0v) is 20.0. The first-order chi connectivity index (χ1) is 15.0. The van der Waals surface area contributed by atoms with Crippen LogP contribution in [0.3, 0.4) is 0 Å². The van der Waals surface area contributed by atoms with E-state index >= 15 is 0 Å². The SMILES string of the molecule is Cc1ccc(S(=O)(=O)Nc2ccccc2C(=O)N[C@H](C)c2ccc(C(C)(C)C)cc2)cc1. The van der Waals surface area contributed by atoms with Crippen LogP contribution in [0.4, 0.5) is 5.69 Å². The molecule has 32 heavy (non-hydrogen) atoms. The number of carbonyl (C=O) groups is 1. The summed E-state index contributed by atoms with van der Waals surface area (Å²) in [5.41, 5.74) is 3.72. The van der Waals surface area contributed by atoms with E-state index in [4.69, 9.17) is 0 Å². The van der Waals surface area contributed by atoms with Crippen molar-refractivity contribution >= 4 is 21.6 Å². The molecule has 6 heteroatoms. The minimum Gasteiger partial charge on any atom is -0.345 e. The second-order valence-electron chi connectivity index (χ2n) is 9.03. The lowest BCUT2D eigenvalue weighted by Crippen LogP contribution is -2.28. The summed E-state index contributed by atoms with van der Waals surface area (Å²) in [5.74, 6) is -0.348. The molecule has 0 aromatic heterocycles. The fourth-order valence-corrected chi connectivity index (χ4v) is 4.40. The smallest absolute Gasteiger partial charge is 0.261 e. The van der Waals surface area contributed by atoms with Gasteiger partial charge in [-0.1, -0.05) is 74.9 Å². The molecule has 0 spiro atoms. The molecule has 1 amide bonds. The number of rotatable bonds is 6. The maximum absolute atomic E-state index is 13.0. The number of hydrogen-bond donors (Lipinski definition) is 2. The third-order valence-corrected chi connectivity index (χ3v) is 6.75. The molecule has 1 atom stereocenters. The number of amides is 1. The van der Waals surface area contributed by atoms with E-state index < -0.39 is 10.0 Å². The second kappa shape index (κ2) is 9.17. The Hall–Kier alpha value is -3.12. The first kappa shape index (κ1) is 23.5. The highest BCUT2D eigenvalue weighted by Gasteiger charge is 2.20. The molecular formula is C26H30N2O3S. The fourth-order valence-electron chi connectivity index (χ4n) is 3.32. The van der Waals surface area contributed by atoms with Crippen LogP contribution in [0.15, 0.2) is 77.7 Å². The molecule has 0 fully saturated rings. The summed E-state index contributed by atoms with van der Waals surface area (Å²) >= 11 is 0.